The molecule has 0 aromatic heterocycles. The minimum atomic E-state index is -1.82. The van der Waals surface area contributed by atoms with Gasteiger partial charge in [0, 0.05) is 59.9 Å². The van der Waals surface area contributed by atoms with Crippen LogP contribution in [0.5, 0.6) is 11.5 Å². The van der Waals surface area contributed by atoms with Crippen LogP contribution in [0, 0.1) is 0 Å². The van der Waals surface area contributed by atoms with Gasteiger partial charge in [-0.25, -0.2) is 4.79 Å². The van der Waals surface area contributed by atoms with Gasteiger partial charge in [-0.15, -0.1) is 12.4 Å². The van der Waals surface area contributed by atoms with Crippen molar-refractivity contribution < 1.29 is 48.7 Å². The number of nitrogens with two attached hydrogens (primary N) is 1. The Hall–Kier alpha value is -4.04. The predicted octanol–water partition coefficient (Wildman–Crippen LogP) is 4.15. The van der Waals surface area contributed by atoms with Gasteiger partial charge >= 0.3 is 6.09 Å². The molecule has 47 heavy (non-hydrogen) atoms. The van der Waals surface area contributed by atoms with Gasteiger partial charge in [-0.05, 0) is 26.0 Å². The average molecular weight is 669 g/mol. The largest absolute Gasteiger partial charge is 0.507 e. The second-order valence-corrected chi connectivity index (χ2v) is 11.9. The van der Waals surface area contributed by atoms with Crippen molar-refractivity contribution in [3.8, 4) is 11.5 Å². The number of hydrogen-bond donors (Lipinski definition) is 5. The Balaban J connectivity index is 0.00000433. The number of phenolic OH excluding ortho intramolecular Hbond substituents is 2. The van der Waals surface area contributed by atoms with Gasteiger partial charge in [0.1, 0.15) is 23.7 Å². The van der Waals surface area contributed by atoms with E-state index in [2.05, 4.69) is 5.32 Å². The highest BCUT2D eigenvalue weighted by Crippen LogP contribution is 2.52. The zero-order valence-corrected chi connectivity index (χ0v) is 26.6. The van der Waals surface area contributed by atoms with Crippen LogP contribution in [-0.4, -0.2) is 76.3 Å². The molecule has 2 aliphatic carbocycles. The Kier molecular flexibility index (Phi) is 9.92. The molecule has 6 atom stereocenters. The van der Waals surface area contributed by atoms with Gasteiger partial charge in [-0.1, -0.05) is 42.5 Å². The third-order valence-electron chi connectivity index (χ3n) is 8.74. The Morgan fingerprint density at radius 1 is 1.02 bits per heavy atom. The monoisotopic (exact) mass is 668 g/mol. The summed E-state index contributed by atoms with van der Waals surface area (Å²) in [4.78, 5) is 39.8. The van der Waals surface area contributed by atoms with Crippen molar-refractivity contribution in [3.05, 3.63) is 88.0 Å². The van der Waals surface area contributed by atoms with Gasteiger partial charge in [0.2, 0.25) is 0 Å². The molecule has 0 unspecified atom stereocenters. The Morgan fingerprint density at radius 3 is 2.26 bits per heavy atom. The molecule has 13 heteroatoms. The molecule has 250 valence electrons. The molecule has 3 aromatic rings. The van der Waals surface area contributed by atoms with Crippen LogP contribution in [0.1, 0.15) is 75.8 Å². The van der Waals surface area contributed by atoms with Gasteiger partial charge < -0.3 is 40.0 Å². The fourth-order valence-corrected chi connectivity index (χ4v) is 6.66. The van der Waals surface area contributed by atoms with Crippen LogP contribution < -0.4 is 11.1 Å². The quantitative estimate of drug-likeness (QED) is 0.178. The summed E-state index contributed by atoms with van der Waals surface area (Å²) in [6.07, 6.45) is -4.09. The molecule has 3 aliphatic rings. The maximum Gasteiger partial charge on any atom is 0.411 e. The van der Waals surface area contributed by atoms with Crippen molar-refractivity contribution in [3.63, 3.8) is 0 Å². The average Bonchev–Trinajstić information content (AvgIpc) is 3.03. The molecular formula is C34H37ClN2O10. The number of carbonyl (C=O) groups is 3. The van der Waals surface area contributed by atoms with Crippen LogP contribution in [0.2, 0.25) is 0 Å². The van der Waals surface area contributed by atoms with Crippen LogP contribution in [0.15, 0.2) is 54.6 Å². The summed E-state index contributed by atoms with van der Waals surface area (Å²) in [5.74, 6) is -2.39. The molecule has 0 spiro atoms. The molecule has 0 saturated carbocycles. The molecule has 12 nitrogen and oxygen atoms in total. The third-order valence-corrected chi connectivity index (χ3v) is 8.74. The number of anilines is 1. The summed E-state index contributed by atoms with van der Waals surface area (Å²) in [6, 6.07) is 14.3. The number of halogens is 1. The summed E-state index contributed by atoms with van der Waals surface area (Å²) >= 11 is 0. The third kappa shape index (κ3) is 6.45. The number of ether oxygens (including phenoxy) is 4. The second kappa shape index (κ2) is 13.6. The first-order valence-electron chi connectivity index (χ1n) is 15.2. The van der Waals surface area contributed by atoms with Gasteiger partial charge in [-0.3, -0.25) is 14.9 Å². The topological polar surface area (TPSA) is 187 Å². The molecule has 1 heterocycles. The number of amides is 1. The smallest absolute Gasteiger partial charge is 0.411 e. The number of carbonyl (C=O) groups excluding carboxylic acids is 3. The number of fused-ring (bicyclic) bond motifs is 3. The number of aromatic hydroxyl groups is 2. The van der Waals surface area contributed by atoms with E-state index in [4.69, 9.17) is 24.7 Å². The van der Waals surface area contributed by atoms with Crippen molar-refractivity contribution >= 4 is 35.8 Å². The molecule has 1 fully saturated rings. The first-order valence-corrected chi connectivity index (χ1v) is 15.2. The van der Waals surface area contributed by atoms with Crippen LogP contribution >= 0.6 is 12.4 Å². The summed E-state index contributed by atoms with van der Waals surface area (Å²) in [5, 5.41) is 37.7. The molecular weight excluding hydrogens is 632 g/mol. The minimum absolute atomic E-state index is 0. The van der Waals surface area contributed by atoms with Crippen LogP contribution in [-0.2, 0) is 25.4 Å². The molecule has 0 bridgehead atoms. The van der Waals surface area contributed by atoms with Gasteiger partial charge in [0.15, 0.2) is 17.9 Å². The zero-order valence-electron chi connectivity index (χ0n) is 25.8. The van der Waals surface area contributed by atoms with E-state index in [1.807, 2.05) is 6.92 Å². The van der Waals surface area contributed by atoms with E-state index >= 15 is 0 Å². The molecule has 6 N–H and O–H groups in total. The molecule has 1 aliphatic heterocycles. The van der Waals surface area contributed by atoms with Crippen molar-refractivity contribution in [1.82, 2.24) is 0 Å². The number of phenols is 2. The van der Waals surface area contributed by atoms with Crippen molar-refractivity contribution in [1.29, 1.82) is 0 Å². The molecule has 0 radical (unpaired) electrons. The number of ketones is 2. The standard InChI is InChI=1S/C34H36N2O10.ClH/c1-3-43-32-17(2)45-24(13-22(32)35)46-23-15-34(42,16-44-33(41)36-18-9-5-4-6-10-18)14-21-25(23)31(40)27-26(30(21)39)28(37)19-11-7-8-12-20(19)29(27)38;/h4-12,17,22-24,32,39-40,42H,3,13-16,35H2,1-2H3,(H,36,41);1H/t17-,22-,23-,24-,32+,34-;/m0./s1. The predicted molar refractivity (Wildman–Crippen MR) is 171 cm³/mol. The van der Waals surface area contributed by atoms with E-state index in [1.165, 1.54) is 12.1 Å². The molecule has 6 rings (SSSR count). The lowest BCUT2D eigenvalue weighted by Gasteiger charge is -2.43. The minimum Gasteiger partial charge on any atom is -0.507 e. The summed E-state index contributed by atoms with van der Waals surface area (Å²) < 4.78 is 23.5. The highest BCUT2D eigenvalue weighted by atomic mass is 35.5. The normalized spacial score (nSPS) is 26.3. The highest BCUT2D eigenvalue weighted by molar-refractivity contribution is 6.30. The molecule has 3 aromatic carbocycles. The van der Waals surface area contributed by atoms with E-state index in [0.717, 1.165) is 0 Å². The maximum absolute atomic E-state index is 13.6. The maximum atomic E-state index is 13.6. The lowest BCUT2D eigenvalue weighted by atomic mass is 9.73. The number of hydrogen-bond acceptors (Lipinski definition) is 11. The van der Waals surface area contributed by atoms with Crippen LogP contribution in [0.25, 0.3) is 0 Å². The van der Waals surface area contributed by atoms with E-state index < -0.39 is 65.9 Å². The lowest BCUT2D eigenvalue weighted by molar-refractivity contribution is -0.254. The summed E-state index contributed by atoms with van der Waals surface area (Å²) in [6.45, 7) is 3.56. The highest BCUT2D eigenvalue weighted by Gasteiger charge is 2.48. The first-order chi connectivity index (χ1) is 22.0. The lowest BCUT2D eigenvalue weighted by Crippen LogP contribution is -2.53. The van der Waals surface area contributed by atoms with E-state index in [-0.39, 0.29) is 71.2 Å². The SMILES string of the molecule is CCO[C@@H]1[C@H](C)O[C@@H](O[C@H]2C[C@](O)(COC(=O)Nc3ccccc3)Cc3c(O)c4c(c(O)c32)C(=O)c2ccccc2C4=O)C[C@@H]1N.Cl. The van der Waals surface area contributed by atoms with Gasteiger partial charge in [-0.2, -0.15) is 0 Å². The number of rotatable bonds is 7. The van der Waals surface area contributed by atoms with E-state index in [9.17, 15) is 29.7 Å². The van der Waals surface area contributed by atoms with Crippen molar-refractivity contribution in [2.45, 2.75) is 69.4 Å². The summed E-state index contributed by atoms with van der Waals surface area (Å²) in [5.41, 5.74) is 4.55. The Bertz CT molecular complexity index is 1670. The fourth-order valence-electron chi connectivity index (χ4n) is 6.66. The van der Waals surface area contributed by atoms with Crippen LogP contribution in [0.4, 0.5) is 10.5 Å². The van der Waals surface area contributed by atoms with Gasteiger partial charge in [0.05, 0.1) is 29.4 Å². The van der Waals surface area contributed by atoms with E-state index in [1.54, 1.807) is 49.4 Å². The van der Waals surface area contributed by atoms with Crippen LogP contribution in [0.3, 0.4) is 0 Å². The second-order valence-electron chi connectivity index (χ2n) is 11.9. The van der Waals surface area contributed by atoms with Gasteiger partial charge in [0.25, 0.3) is 0 Å². The summed E-state index contributed by atoms with van der Waals surface area (Å²) in [7, 11) is 0. The number of aliphatic hydroxyl groups is 1. The molecule has 1 amide bonds. The van der Waals surface area contributed by atoms with Crippen molar-refractivity contribution in [2.75, 3.05) is 18.5 Å². The van der Waals surface area contributed by atoms with Crippen molar-refractivity contribution in [2.24, 2.45) is 5.73 Å². The first kappa shape index (κ1) is 34.3. The Morgan fingerprint density at radius 2 is 1.64 bits per heavy atom. The number of para-hydroxylation sites is 1. The van der Waals surface area contributed by atoms with E-state index in [0.29, 0.717) is 12.3 Å². The number of benzene rings is 3. The zero-order chi connectivity index (χ0) is 32.7. The fraction of sp³-hybridized carbons (Fsp3) is 0.382. The molecule has 1 saturated heterocycles. The number of nitrogens with one attached hydrogen (secondary N) is 1. The Labute approximate surface area is 277 Å².